The van der Waals surface area contributed by atoms with Crippen LogP contribution in [0.25, 0.3) is 0 Å². The van der Waals surface area contributed by atoms with Crippen LogP contribution in [0.15, 0.2) is 36.5 Å². The van der Waals surface area contributed by atoms with Gasteiger partial charge in [-0.3, -0.25) is 9.48 Å². The fraction of sp³-hybridized carbons (Fsp3) is 0.286. The van der Waals surface area contributed by atoms with Gasteiger partial charge in [-0.15, -0.1) is 0 Å². The molecule has 0 atom stereocenters. The number of aromatic nitrogens is 2. The van der Waals surface area contributed by atoms with E-state index in [1.54, 1.807) is 16.9 Å². The standard InChI is InChI=1S/C14H17N3O/c1-2-17-13(8-9-16-17)14(18)7-6-11-4-3-5-12(15)10-11/h3-5,8-10H,2,6-7,15H2,1H3. The Hall–Kier alpha value is -2.10. The SMILES string of the molecule is CCn1nccc1C(=O)CCc1cccc(N)c1. The number of nitrogens with zero attached hydrogens (tertiary/aromatic N) is 2. The molecule has 0 amide bonds. The molecule has 0 unspecified atom stereocenters. The second-order valence-electron chi connectivity index (χ2n) is 4.20. The van der Waals surface area contributed by atoms with E-state index in [-0.39, 0.29) is 5.78 Å². The highest BCUT2D eigenvalue weighted by atomic mass is 16.1. The Morgan fingerprint density at radius 2 is 2.22 bits per heavy atom. The number of carbonyl (C=O) groups is 1. The van der Waals surface area contributed by atoms with Crippen molar-refractivity contribution in [3.63, 3.8) is 0 Å². The number of hydrogen-bond acceptors (Lipinski definition) is 3. The molecule has 0 bridgehead atoms. The molecule has 0 fully saturated rings. The van der Waals surface area contributed by atoms with Crippen molar-refractivity contribution >= 4 is 11.5 Å². The Morgan fingerprint density at radius 1 is 1.39 bits per heavy atom. The van der Waals surface area contributed by atoms with Gasteiger partial charge in [-0.05, 0) is 37.1 Å². The van der Waals surface area contributed by atoms with Crippen LogP contribution in [-0.4, -0.2) is 15.6 Å². The highest BCUT2D eigenvalue weighted by Gasteiger charge is 2.10. The van der Waals surface area contributed by atoms with Crippen molar-refractivity contribution in [1.29, 1.82) is 0 Å². The van der Waals surface area contributed by atoms with E-state index in [2.05, 4.69) is 5.10 Å². The number of hydrogen-bond donors (Lipinski definition) is 1. The third-order valence-electron chi connectivity index (χ3n) is 2.89. The highest BCUT2D eigenvalue weighted by Crippen LogP contribution is 2.11. The molecule has 2 rings (SSSR count). The lowest BCUT2D eigenvalue weighted by atomic mass is 10.1. The lowest BCUT2D eigenvalue weighted by Crippen LogP contribution is -2.10. The minimum absolute atomic E-state index is 0.122. The van der Waals surface area contributed by atoms with Gasteiger partial charge in [0.05, 0.1) is 0 Å². The van der Waals surface area contributed by atoms with Crippen LogP contribution in [-0.2, 0) is 13.0 Å². The molecule has 0 saturated heterocycles. The molecule has 2 N–H and O–H groups in total. The minimum Gasteiger partial charge on any atom is -0.399 e. The Kier molecular flexibility index (Phi) is 3.77. The first-order valence-corrected chi connectivity index (χ1v) is 6.10. The summed E-state index contributed by atoms with van der Waals surface area (Å²) in [7, 11) is 0. The highest BCUT2D eigenvalue weighted by molar-refractivity contribution is 5.94. The van der Waals surface area contributed by atoms with Gasteiger partial charge in [-0.2, -0.15) is 5.10 Å². The van der Waals surface area contributed by atoms with Gasteiger partial charge in [0.15, 0.2) is 5.78 Å². The summed E-state index contributed by atoms with van der Waals surface area (Å²) in [6, 6.07) is 9.42. The second kappa shape index (κ2) is 5.49. The van der Waals surface area contributed by atoms with Gasteiger partial charge in [0, 0.05) is 24.8 Å². The molecule has 0 spiro atoms. The zero-order valence-corrected chi connectivity index (χ0v) is 10.5. The van der Waals surface area contributed by atoms with E-state index in [1.165, 1.54) is 0 Å². The van der Waals surface area contributed by atoms with Crippen LogP contribution in [0.4, 0.5) is 5.69 Å². The van der Waals surface area contributed by atoms with Crippen molar-refractivity contribution in [2.45, 2.75) is 26.3 Å². The summed E-state index contributed by atoms with van der Waals surface area (Å²) in [4.78, 5) is 12.1. The van der Waals surface area contributed by atoms with E-state index in [4.69, 9.17) is 5.73 Å². The van der Waals surface area contributed by atoms with E-state index in [0.717, 1.165) is 11.3 Å². The van der Waals surface area contributed by atoms with Gasteiger partial charge in [0.2, 0.25) is 0 Å². The van der Waals surface area contributed by atoms with Crippen molar-refractivity contribution in [1.82, 2.24) is 9.78 Å². The lowest BCUT2D eigenvalue weighted by Gasteiger charge is -2.04. The summed E-state index contributed by atoms with van der Waals surface area (Å²) in [5, 5.41) is 4.10. The fourth-order valence-electron chi connectivity index (χ4n) is 1.96. The minimum atomic E-state index is 0.122. The number of Topliss-reactive ketones (excluding diaryl/α,β-unsaturated/α-hetero) is 1. The van der Waals surface area contributed by atoms with E-state index >= 15 is 0 Å². The number of nitrogens with two attached hydrogens (primary N) is 1. The predicted octanol–water partition coefficient (Wildman–Crippen LogP) is 2.30. The first kappa shape index (κ1) is 12.4. The number of aryl methyl sites for hydroxylation is 2. The van der Waals surface area contributed by atoms with Crippen LogP contribution in [0.2, 0.25) is 0 Å². The number of anilines is 1. The third-order valence-corrected chi connectivity index (χ3v) is 2.89. The number of benzene rings is 1. The summed E-state index contributed by atoms with van der Waals surface area (Å²) in [5.74, 6) is 0.122. The van der Waals surface area contributed by atoms with Gasteiger partial charge in [0.1, 0.15) is 5.69 Å². The van der Waals surface area contributed by atoms with Crippen LogP contribution < -0.4 is 5.73 Å². The Balaban J connectivity index is 2.00. The lowest BCUT2D eigenvalue weighted by molar-refractivity contribution is 0.0972. The van der Waals surface area contributed by atoms with E-state index in [1.807, 2.05) is 31.2 Å². The first-order valence-electron chi connectivity index (χ1n) is 6.10. The molecule has 1 aromatic carbocycles. The van der Waals surface area contributed by atoms with E-state index < -0.39 is 0 Å². The average Bonchev–Trinajstić information content (AvgIpc) is 2.84. The van der Waals surface area contributed by atoms with Gasteiger partial charge in [-0.25, -0.2) is 0 Å². The predicted molar refractivity (Wildman–Crippen MR) is 71.4 cm³/mol. The normalized spacial score (nSPS) is 10.5. The van der Waals surface area contributed by atoms with Gasteiger partial charge in [0.25, 0.3) is 0 Å². The monoisotopic (exact) mass is 243 g/mol. The summed E-state index contributed by atoms with van der Waals surface area (Å²) >= 11 is 0. The Labute approximate surface area is 106 Å². The summed E-state index contributed by atoms with van der Waals surface area (Å²) < 4.78 is 1.72. The van der Waals surface area contributed by atoms with Crippen LogP contribution in [0.5, 0.6) is 0 Å². The van der Waals surface area contributed by atoms with Crippen molar-refractivity contribution in [3.05, 3.63) is 47.8 Å². The maximum atomic E-state index is 12.1. The average molecular weight is 243 g/mol. The fourth-order valence-corrected chi connectivity index (χ4v) is 1.96. The molecule has 94 valence electrons. The topological polar surface area (TPSA) is 60.9 Å². The molecule has 0 aliphatic heterocycles. The molecular weight excluding hydrogens is 226 g/mol. The molecule has 0 radical (unpaired) electrons. The second-order valence-corrected chi connectivity index (χ2v) is 4.20. The molecule has 0 saturated carbocycles. The van der Waals surface area contributed by atoms with Crippen molar-refractivity contribution < 1.29 is 4.79 Å². The molecule has 4 nitrogen and oxygen atoms in total. The molecule has 18 heavy (non-hydrogen) atoms. The summed E-state index contributed by atoms with van der Waals surface area (Å²) in [5.41, 5.74) is 8.21. The first-order chi connectivity index (χ1) is 8.70. The largest absolute Gasteiger partial charge is 0.399 e. The van der Waals surface area contributed by atoms with Crippen LogP contribution in [0.1, 0.15) is 29.4 Å². The summed E-state index contributed by atoms with van der Waals surface area (Å²) in [6.45, 7) is 2.69. The van der Waals surface area contributed by atoms with E-state index in [0.29, 0.717) is 25.1 Å². The third kappa shape index (κ3) is 2.77. The van der Waals surface area contributed by atoms with Gasteiger partial charge < -0.3 is 5.73 Å². The van der Waals surface area contributed by atoms with Crippen LogP contribution in [0, 0.1) is 0 Å². The smallest absolute Gasteiger partial charge is 0.181 e. The summed E-state index contributed by atoms with van der Waals surface area (Å²) in [6.07, 6.45) is 2.85. The molecular formula is C14H17N3O. The number of carbonyl (C=O) groups excluding carboxylic acids is 1. The van der Waals surface area contributed by atoms with Crippen molar-refractivity contribution in [2.75, 3.05) is 5.73 Å². The molecule has 0 aliphatic carbocycles. The molecule has 0 aliphatic rings. The Morgan fingerprint density at radius 3 is 2.94 bits per heavy atom. The zero-order chi connectivity index (χ0) is 13.0. The van der Waals surface area contributed by atoms with Crippen molar-refractivity contribution in [3.8, 4) is 0 Å². The number of rotatable bonds is 5. The Bertz CT molecular complexity index is 545. The molecule has 4 heteroatoms. The van der Waals surface area contributed by atoms with Crippen LogP contribution in [0.3, 0.4) is 0 Å². The molecule has 2 aromatic rings. The van der Waals surface area contributed by atoms with E-state index in [9.17, 15) is 4.79 Å². The molecule has 1 aromatic heterocycles. The van der Waals surface area contributed by atoms with Gasteiger partial charge >= 0.3 is 0 Å². The molecule has 1 heterocycles. The number of nitrogen functional groups attached to an aromatic ring is 1. The zero-order valence-electron chi connectivity index (χ0n) is 10.5. The quantitative estimate of drug-likeness (QED) is 0.647. The van der Waals surface area contributed by atoms with Crippen LogP contribution >= 0.6 is 0 Å². The van der Waals surface area contributed by atoms with Crippen molar-refractivity contribution in [2.24, 2.45) is 0 Å². The number of ketones is 1. The van der Waals surface area contributed by atoms with Gasteiger partial charge in [-0.1, -0.05) is 12.1 Å². The maximum absolute atomic E-state index is 12.1. The maximum Gasteiger partial charge on any atom is 0.181 e.